The highest BCUT2D eigenvalue weighted by Crippen LogP contribution is 2.49. The lowest BCUT2D eigenvalue weighted by atomic mass is 9.54. The highest BCUT2D eigenvalue weighted by Gasteiger charge is 2.62. The fraction of sp³-hybridized carbons (Fsp3) is 0.588. The van der Waals surface area contributed by atoms with E-state index in [4.69, 9.17) is 10.5 Å². The first-order valence-electron chi connectivity index (χ1n) is 7.98. The average Bonchev–Trinajstić information content (AvgIpc) is 2.52. The predicted molar refractivity (Wildman–Crippen MR) is 84.0 cm³/mol. The fourth-order valence-corrected chi connectivity index (χ4v) is 3.12. The molecule has 1 aliphatic carbocycles. The molecule has 2 atom stereocenters. The topological polar surface area (TPSA) is 64.3 Å². The Balaban J connectivity index is 2.11. The summed E-state index contributed by atoms with van der Waals surface area (Å²) in [4.78, 5) is 12.5. The molecule has 0 saturated heterocycles. The molecule has 1 fully saturated rings. The second kappa shape index (κ2) is 6.57. The Morgan fingerprint density at radius 2 is 2.04 bits per heavy atom. The first kappa shape index (κ1) is 19.7. The van der Waals surface area contributed by atoms with Gasteiger partial charge in [-0.15, -0.1) is 0 Å². The molecule has 140 valence electrons. The third-order valence-corrected chi connectivity index (χ3v) is 5.05. The van der Waals surface area contributed by atoms with E-state index in [0.29, 0.717) is 12.7 Å². The van der Waals surface area contributed by atoms with Crippen LogP contribution in [0.25, 0.3) is 0 Å². The first-order valence-corrected chi connectivity index (χ1v) is 7.98. The number of halogens is 4. The smallest absolute Gasteiger partial charge is 0.378 e. The Bertz CT molecular complexity index is 661. The van der Waals surface area contributed by atoms with Crippen LogP contribution in [0.5, 0.6) is 0 Å². The minimum absolute atomic E-state index is 0.190. The van der Waals surface area contributed by atoms with Gasteiger partial charge in [0.2, 0.25) is 5.91 Å². The maximum Gasteiger partial charge on any atom is 0.416 e. The molecule has 8 heteroatoms. The van der Waals surface area contributed by atoms with Crippen LogP contribution >= 0.6 is 0 Å². The lowest BCUT2D eigenvalue weighted by Crippen LogP contribution is -2.75. The molecule has 0 radical (unpaired) electrons. The SMILES string of the molecule is CCOC1CC(N)(C(=O)NCc2ccc(F)cc2C(F)(F)F)C1(C)C. The quantitative estimate of drug-likeness (QED) is 0.792. The van der Waals surface area contributed by atoms with Crippen molar-refractivity contribution in [2.75, 3.05) is 6.61 Å². The van der Waals surface area contributed by atoms with Crippen molar-refractivity contribution in [3.63, 3.8) is 0 Å². The molecule has 1 aromatic rings. The number of carbonyl (C=O) groups excluding carboxylic acids is 1. The molecule has 2 rings (SSSR count). The van der Waals surface area contributed by atoms with Gasteiger partial charge in [0.15, 0.2) is 0 Å². The van der Waals surface area contributed by atoms with Crippen molar-refractivity contribution in [1.82, 2.24) is 5.32 Å². The Morgan fingerprint density at radius 1 is 1.40 bits per heavy atom. The van der Waals surface area contributed by atoms with Gasteiger partial charge in [0.25, 0.3) is 0 Å². The minimum atomic E-state index is -4.71. The summed E-state index contributed by atoms with van der Waals surface area (Å²) in [5.74, 6) is -1.54. The molecule has 0 aliphatic heterocycles. The Hall–Kier alpha value is -1.67. The average molecular weight is 362 g/mol. The van der Waals surface area contributed by atoms with Crippen molar-refractivity contribution in [3.05, 3.63) is 35.1 Å². The van der Waals surface area contributed by atoms with E-state index < -0.39 is 34.4 Å². The number of amides is 1. The van der Waals surface area contributed by atoms with Crippen molar-refractivity contribution in [2.24, 2.45) is 11.1 Å². The van der Waals surface area contributed by atoms with Crippen LogP contribution in [0.3, 0.4) is 0 Å². The van der Waals surface area contributed by atoms with Gasteiger partial charge >= 0.3 is 6.18 Å². The zero-order chi connectivity index (χ0) is 19.0. The van der Waals surface area contributed by atoms with E-state index in [1.54, 1.807) is 13.8 Å². The molecular weight excluding hydrogens is 340 g/mol. The summed E-state index contributed by atoms with van der Waals surface area (Å²) < 4.78 is 57.7. The normalized spacial score (nSPS) is 25.4. The molecule has 3 N–H and O–H groups in total. The third kappa shape index (κ3) is 3.50. The van der Waals surface area contributed by atoms with Crippen LogP contribution in [0.2, 0.25) is 0 Å². The van der Waals surface area contributed by atoms with Crippen molar-refractivity contribution in [3.8, 4) is 0 Å². The summed E-state index contributed by atoms with van der Waals surface area (Å²) in [6, 6.07) is 2.35. The maximum atomic E-state index is 13.1. The molecule has 1 amide bonds. The van der Waals surface area contributed by atoms with Gasteiger partial charge in [0.1, 0.15) is 11.4 Å². The second-order valence-corrected chi connectivity index (χ2v) is 6.82. The molecule has 0 bridgehead atoms. The van der Waals surface area contributed by atoms with E-state index in [1.807, 2.05) is 6.92 Å². The molecule has 0 spiro atoms. The Labute approximate surface area is 143 Å². The van der Waals surface area contributed by atoms with Crippen LogP contribution in [0.4, 0.5) is 17.6 Å². The van der Waals surface area contributed by atoms with Gasteiger partial charge in [0.05, 0.1) is 11.7 Å². The summed E-state index contributed by atoms with van der Waals surface area (Å²) in [7, 11) is 0. The van der Waals surface area contributed by atoms with Gasteiger partial charge in [0, 0.05) is 25.0 Å². The van der Waals surface area contributed by atoms with Crippen LogP contribution < -0.4 is 11.1 Å². The number of nitrogens with two attached hydrogens (primary N) is 1. The Kier molecular flexibility index (Phi) is 5.16. The van der Waals surface area contributed by atoms with E-state index in [-0.39, 0.29) is 24.6 Å². The third-order valence-electron chi connectivity index (χ3n) is 5.05. The van der Waals surface area contributed by atoms with E-state index >= 15 is 0 Å². The largest absolute Gasteiger partial charge is 0.416 e. The van der Waals surface area contributed by atoms with E-state index in [9.17, 15) is 22.4 Å². The maximum absolute atomic E-state index is 13.1. The lowest BCUT2D eigenvalue weighted by Gasteiger charge is -2.57. The number of ether oxygens (including phenoxy) is 1. The number of hydrogen-bond acceptors (Lipinski definition) is 3. The molecule has 25 heavy (non-hydrogen) atoms. The number of carbonyl (C=O) groups is 1. The standard InChI is InChI=1S/C17H22F4N2O2/c1-4-25-13-8-16(22,15(13,2)3)14(24)23-9-10-5-6-11(18)7-12(10)17(19,20)21/h5-7,13H,4,8-9,22H2,1-3H3,(H,23,24). The molecule has 0 heterocycles. The van der Waals surface area contributed by atoms with Crippen LogP contribution in [0.15, 0.2) is 18.2 Å². The molecule has 0 aromatic heterocycles. The second-order valence-electron chi connectivity index (χ2n) is 6.82. The molecule has 2 unspecified atom stereocenters. The summed E-state index contributed by atoms with van der Waals surface area (Å²) >= 11 is 0. The zero-order valence-electron chi connectivity index (χ0n) is 14.3. The fourth-order valence-electron chi connectivity index (χ4n) is 3.12. The summed E-state index contributed by atoms with van der Waals surface area (Å²) in [6.45, 7) is 5.50. The first-order chi connectivity index (χ1) is 11.4. The van der Waals surface area contributed by atoms with Crippen molar-refractivity contribution in [1.29, 1.82) is 0 Å². The highest BCUT2D eigenvalue weighted by molar-refractivity contribution is 5.88. The van der Waals surface area contributed by atoms with Gasteiger partial charge in [-0.1, -0.05) is 19.9 Å². The summed E-state index contributed by atoms with van der Waals surface area (Å²) in [6.07, 6.45) is -4.61. The lowest BCUT2D eigenvalue weighted by molar-refractivity contribution is -0.170. The predicted octanol–water partition coefficient (Wildman–Crippen LogP) is 2.99. The highest BCUT2D eigenvalue weighted by atomic mass is 19.4. The number of hydrogen-bond donors (Lipinski definition) is 2. The van der Waals surface area contributed by atoms with E-state index in [1.165, 1.54) is 0 Å². The van der Waals surface area contributed by atoms with Crippen LogP contribution in [-0.4, -0.2) is 24.2 Å². The van der Waals surface area contributed by atoms with Gasteiger partial charge in [-0.2, -0.15) is 13.2 Å². The minimum Gasteiger partial charge on any atom is -0.378 e. The van der Waals surface area contributed by atoms with Gasteiger partial charge in [-0.05, 0) is 24.6 Å². The van der Waals surface area contributed by atoms with Gasteiger partial charge < -0.3 is 15.8 Å². The Morgan fingerprint density at radius 3 is 2.56 bits per heavy atom. The number of benzene rings is 1. The molecule has 4 nitrogen and oxygen atoms in total. The van der Waals surface area contributed by atoms with Gasteiger partial charge in [-0.25, -0.2) is 4.39 Å². The molecule has 1 aromatic carbocycles. The van der Waals surface area contributed by atoms with E-state index in [0.717, 1.165) is 12.1 Å². The summed E-state index contributed by atoms with van der Waals surface area (Å²) in [5.41, 5.74) is 2.97. The molecule has 1 aliphatic rings. The van der Waals surface area contributed by atoms with Crippen molar-refractivity contribution >= 4 is 5.91 Å². The van der Waals surface area contributed by atoms with Crippen molar-refractivity contribution < 1.29 is 27.1 Å². The molecule has 1 saturated carbocycles. The molecular formula is C17H22F4N2O2. The zero-order valence-corrected chi connectivity index (χ0v) is 14.3. The van der Waals surface area contributed by atoms with E-state index in [2.05, 4.69) is 5.32 Å². The number of nitrogens with one attached hydrogen (secondary N) is 1. The summed E-state index contributed by atoms with van der Waals surface area (Å²) in [5, 5.41) is 2.45. The van der Waals surface area contributed by atoms with Gasteiger partial charge in [-0.3, -0.25) is 4.79 Å². The van der Waals surface area contributed by atoms with Crippen molar-refractivity contribution in [2.45, 2.75) is 51.6 Å². The number of alkyl halides is 3. The monoisotopic (exact) mass is 362 g/mol. The number of rotatable bonds is 5. The van der Waals surface area contributed by atoms with Crippen LogP contribution in [0, 0.1) is 11.2 Å². The van der Waals surface area contributed by atoms with Crippen LogP contribution in [-0.2, 0) is 22.3 Å². The van der Waals surface area contributed by atoms with Crippen LogP contribution in [0.1, 0.15) is 38.3 Å².